The Labute approximate surface area is 102 Å². The Morgan fingerprint density at radius 2 is 2.20 bits per heavy atom. The summed E-state index contributed by atoms with van der Waals surface area (Å²) in [5, 5.41) is 2.23. The zero-order valence-electron chi connectivity index (χ0n) is 10.1. The van der Waals surface area contributed by atoms with Gasteiger partial charge in [0, 0.05) is 9.77 Å². The van der Waals surface area contributed by atoms with Gasteiger partial charge in [-0.2, -0.15) is 0 Å². The molecule has 0 radical (unpaired) electrons. The summed E-state index contributed by atoms with van der Waals surface area (Å²) in [4.78, 5) is 3.10. The van der Waals surface area contributed by atoms with E-state index in [1.807, 2.05) is 23.1 Å². The van der Waals surface area contributed by atoms with Crippen molar-refractivity contribution in [1.82, 2.24) is 0 Å². The van der Waals surface area contributed by atoms with E-state index in [1.54, 1.807) is 4.88 Å². The number of hydrogen-bond acceptors (Lipinski definition) is 2. The monoisotopic (exact) mass is 242 g/mol. The van der Waals surface area contributed by atoms with Gasteiger partial charge in [0.15, 0.2) is 0 Å². The zero-order chi connectivity index (χ0) is 11.1. The number of rotatable bonds is 7. The van der Waals surface area contributed by atoms with Crippen LogP contribution in [0.3, 0.4) is 0 Å². The predicted molar refractivity (Wildman–Crippen MR) is 73.1 cm³/mol. The Kier molecular flexibility index (Phi) is 6.42. The molecule has 1 heterocycles. The fraction of sp³-hybridized carbons (Fsp3) is 0.692. The number of thioether (sulfide) groups is 1. The van der Waals surface area contributed by atoms with Crippen molar-refractivity contribution in [3.05, 3.63) is 16.3 Å². The highest BCUT2D eigenvalue weighted by Crippen LogP contribution is 2.30. The van der Waals surface area contributed by atoms with Crippen LogP contribution in [0.4, 0.5) is 0 Å². The maximum absolute atomic E-state index is 2.33. The molecule has 0 aliphatic heterocycles. The van der Waals surface area contributed by atoms with E-state index in [9.17, 15) is 0 Å². The predicted octanol–water partition coefficient (Wildman–Crippen LogP) is 5.23. The van der Waals surface area contributed by atoms with Crippen LogP contribution in [-0.2, 0) is 6.42 Å². The van der Waals surface area contributed by atoms with Gasteiger partial charge in [-0.1, -0.05) is 39.5 Å². The van der Waals surface area contributed by atoms with Gasteiger partial charge in [-0.05, 0) is 30.0 Å². The molecule has 1 rings (SSSR count). The van der Waals surface area contributed by atoms with Crippen molar-refractivity contribution in [2.75, 3.05) is 6.26 Å². The van der Waals surface area contributed by atoms with Gasteiger partial charge in [-0.15, -0.1) is 23.1 Å². The van der Waals surface area contributed by atoms with E-state index >= 15 is 0 Å². The molecule has 0 aliphatic carbocycles. The fourth-order valence-corrected chi connectivity index (χ4v) is 3.75. The molecule has 0 saturated carbocycles. The lowest BCUT2D eigenvalue weighted by Crippen LogP contribution is -2.02. The average molecular weight is 242 g/mol. The average Bonchev–Trinajstić information content (AvgIpc) is 2.71. The summed E-state index contributed by atoms with van der Waals surface area (Å²) in [5.41, 5.74) is 0. The molecule has 15 heavy (non-hydrogen) atoms. The highest BCUT2D eigenvalue weighted by molar-refractivity contribution is 7.98. The topological polar surface area (TPSA) is 0 Å². The molecule has 86 valence electrons. The van der Waals surface area contributed by atoms with Crippen LogP contribution in [0, 0.1) is 5.92 Å². The molecule has 0 nitrogen and oxygen atoms in total. The molecule has 1 unspecified atom stereocenters. The lowest BCUT2D eigenvalue weighted by atomic mass is 9.95. The third kappa shape index (κ3) is 4.20. The normalized spacial score (nSPS) is 13.0. The SMILES string of the molecule is CCCCC(CC)Cc1sccc1SC. The van der Waals surface area contributed by atoms with E-state index in [4.69, 9.17) is 0 Å². The first-order valence-corrected chi connectivity index (χ1v) is 8.02. The molecule has 2 heteroatoms. The third-order valence-corrected chi connectivity index (χ3v) is 4.84. The van der Waals surface area contributed by atoms with Gasteiger partial charge in [0.1, 0.15) is 0 Å². The largest absolute Gasteiger partial charge is 0.148 e. The molecule has 0 aliphatic rings. The molecular weight excluding hydrogens is 220 g/mol. The Balaban J connectivity index is 2.50. The highest BCUT2D eigenvalue weighted by atomic mass is 32.2. The zero-order valence-corrected chi connectivity index (χ0v) is 11.7. The smallest absolute Gasteiger partial charge is 0.0208 e. The Morgan fingerprint density at radius 3 is 2.80 bits per heavy atom. The lowest BCUT2D eigenvalue weighted by Gasteiger charge is -2.13. The van der Waals surface area contributed by atoms with Crippen molar-refractivity contribution in [1.29, 1.82) is 0 Å². The molecule has 0 amide bonds. The second-order valence-corrected chi connectivity index (χ2v) is 5.88. The van der Waals surface area contributed by atoms with E-state index < -0.39 is 0 Å². The summed E-state index contributed by atoms with van der Waals surface area (Å²) in [6, 6.07) is 2.26. The second-order valence-electron chi connectivity index (χ2n) is 4.03. The fourth-order valence-electron chi connectivity index (χ4n) is 1.87. The standard InChI is InChI=1S/C13H22S2/c1-4-6-7-11(5-2)10-13-12(14-3)8-9-15-13/h8-9,11H,4-7,10H2,1-3H3. The van der Waals surface area contributed by atoms with Crippen molar-refractivity contribution in [3.63, 3.8) is 0 Å². The summed E-state index contributed by atoms with van der Waals surface area (Å²) < 4.78 is 0. The van der Waals surface area contributed by atoms with Gasteiger partial charge < -0.3 is 0 Å². The summed E-state index contributed by atoms with van der Waals surface area (Å²) in [6.45, 7) is 4.61. The molecule has 0 spiro atoms. The van der Waals surface area contributed by atoms with Crippen LogP contribution in [0.2, 0.25) is 0 Å². The summed E-state index contributed by atoms with van der Waals surface area (Å²) in [7, 11) is 0. The molecule has 1 atom stereocenters. The van der Waals surface area contributed by atoms with Crippen molar-refractivity contribution in [3.8, 4) is 0 Å². The Hall–Kier alpha value is 0.0500. The van der Waals surface area contributed by atoms with Crippen LogP contribution in [0.5, 0.6) is 0 Å². The minimum absolute atomic E-state index is 0.898. The highest BCUT2D eigenvalue weighted by Gasteiger charge is 2.10. The van der Waals surface area contributed by atoms with E-state index in [-0.39, 0.29) is 0 Å². The first-order chi connectivity index (χ1) is 7.31. The summed E-state index contributed by atoms with van der Waals surface area (Å²) in [5.74, 6) is 0.898. The molecule has 0 fully saturated rings. The van der Waals surface area contributed by atoms with Crippen LogP contribution in [0.25, 0.3) is 0 Å². The van der Waals surface area contributed by atoms with Gasteiger partial charge in [0.05, 0.1) is 0 Å². The maximum atomic E-state index is 2.33. The van der Waals surface area contributed by atoms with Crippen molar-refractivity contribution < 1.29 is 0 Å². The first-order valence-electron chi connectivity index (χ1n) is 5.92. The summed E-state index contributed by atoms with van der Waals surface area (Å²) >= 11 is 3.82. The molecule has 0 aromatic carbocycles. The van der Waals surface area contributed by atoms with Gasteiger partial charge in [-0.3, -0.25) is 0 Å². The maximum Gasteiger partial charge on any atom is 0.0208 e. The van der Waals surface area contributed by atoms with Gasteiger partial charge in [0.2, 0.25) is 0 Å². The molecule has 0 N–H and O–H groups in total. The van der Waals surface area contributed by atoms with Crippen LogP contribution in [0.15, 0.2) is 16.3 Å². The second kappa shape index (κ2) is 7.34. The first kappa shape index (κ1) is 13.1. The molecular formula is C13H22S2. The van der Waals surface area contributed by atoms with E-state index in [2.05, 4.69) is 31.5 Å². The molecule has 0 saturated heterocycles. The van der Waals surface area contributed by atoms with Crippen LogP contribution in [-0.4, -0.2) is 6.26 Å². The van der Waals surface area contributed by atoms with E-state index in [0.717, 1.165) is 5.92 Å². The van der Waals surface area contributed by atoms with Crippen molar-refractivity contribution >= 4 is 23.1 Å². The van der Waals surface area contributed by atoms with Gasteiger partial charge in [-0.25, -0.2) is 0 Å². The molecule has 1 aromatic heterocycles. The third-order valence-electron chi connectivity index (χ3n) is 2.94. The van der Waals surface area contributed by atoms with Crippen LogP contribution < -0.4 is 0 Å². The minimum atomic E-state index is 0.898. The minimum Gasteiger partial charge on any atom is -0.148 e. The van der Waals surface area contributed by atoms with Crippen molar-refractivity contribution in [2.24, 2.45) is 5.92 Å². The van der Waals surface area contributed by atoms with Crippen molar-refractivity contribution in [2.45, 2.75) is 50.8 Å². The van der Waals surface area contributed by atoms with Gasteiger partial charge in [0.25, 0.3) is 0 Å². The molecule has 1 aromatic rings. The quantitative estimate of drug-likeness (QED) is 0.590. The van der Waals surface area contributed by atoms with E-state index in [0.29, 0.717) is 0 Å². The Morgan fingerprint density at radius 1 is 1.40 bits per heavy atom. The van der Waals surface area contributed by atoms with E-state index in [1.165, 1.54) is 37.0 Å². The van der Waals surface area contributed by atoms with Crippen LogP contribution in [0.1, 0.15) is 44.4 Å². The Bertz CT molecular complexity index is 265. The van der Waals surface area contributed by atoms with Gasteiger partial charge >= 0.3 is 0 Å². The number of unbranched alkanes of at least 4 members (excludes halogenated alkanes) is 1. The molecule has 0 bridgehead atoms. The number of thiophene rings is 1. The lowest BCUT2D eigenvalue weighted by molar-refractivity contribution is 0.450. The number of hydrogen-bond donors (Lipinski definition) is 0. The summed E-state index contributed by atoms with van der Waals surface area (Å²) in [6.07, 6.45) is 8.92. The van der Waals surface area contributed by atoms with Crippen LogP contribution >= 0.6 is 23.1 Å².